The van der Waals surface area contributed by atoms with Crippen molar-refractivity contribution in [1.29, 1.82) is 0 Å². The first kappa shape index (κ1) is 16.0. The molecule has 3 aromatic rings. The summed E-state index contributed by atoms with van der Waals surface area (Å²) in [7, 11) is 0. The molecule has 0 bridgehead atoms. The lowest BCUT2D eigenvalue weighted by Crippen LogP contribution is -2.36. The van der Waals surface area contributed by atoms with E-state index in [2.05, 4.69) is 52.8 Å². The van der Waals surface area contributed by atoms with Crippen molar-refractivity contribution in [3.05, 3.63) is 69.0 Å². The standard InChI is InChI=1S/C19H19NOS2/c1-19(2,17-8-10-23-12-17)13-20-18(21)15-5-3-14(4-6-15)16-7-9-22-11-16/h3-12H,13H2,1-2H3,(H,20,21). The first-order valence-corrected chi connectivity index (χ1v) is 9.38. The molecule has 0 aliphatic heterocycles. The Morgan fingerprint density at radius 1 is 0.957 bits per heavy atom. The van der Waals surface area contributed by atoms with Crippen molar-refractivity contribution < 1.29 is 4.79 Å². The number of nitrogens with one attached hydrogen (secondary N) is 1. The van der Waals surface area contributed by atoms with E-state index in [9.17, 15) is 4.79 Å². The maximum atomic E-state index is 12.4. The van der Waals surface area contributed by atoms with E-state index in [1.165, 1.54) is 11.1 Å². The van der Waals surface area contributed by atoms with Crippen LogP contribution in [0, 0.1) is 0 Å². The van der Waals surface area contributed by atoms with E-state index in [1.54, 1.807) is 22.7 Å². The molecule has 2 heterocycles. The molecule has 2 aromatic heterocycles. The first-order valence-electron chi connectivity index (χ1n) is 7.50. The average molecular weight is 342 g/mol. The van der Waals surface area contributed by atoms with E-state index in [1.807, 2.05) is 24.3 Å². The van der Waals surface area contributed by atoms with Crippen LogP contribution in [0.15, 0.2) is 57.9 Å². The third kappa shape index (κ3) is 3.71. The molecule has 3 rings (SSSR count). The summed E-state index contributed by atoms with van der Waals surface area (Å²) in [6, 6.07) is 12.0. The molecule has 118 valence electrons. The number of benzene rings is 1. The van der Waals surface area contributed by atoms with Crippen molar-refractivity contribution in [3.63, 3.8) is 0 Å². The number of carbonyl (C=O) groups excluding carboxylic acids is 1. The van der Waals surface area contributed by atoms with Crippen molar-refractivity contribution in [1.82, 2.24) is 5.32 Å². The maximum absolute atomic E-state index is 12.4. The Hall–Kier alpha value is -1.91. The largest absolute Gasteiger partial charge is 0.351 e. The van der Waals surface area contributed by atoms with Crippen LogP contribution in [0.25, 0.3) is 11.1 Å². The molecule has 23 heavy (non-hydrogen) atoms. The van der Waals surface area contributed by atoms with Gasteiger partial charge in [0.1, 0.15) is 0 Å². The SMILES string of the molecule is CC(C)(CNC(=O)c1ccc(-c2ccsc2)cc1)c1ccsc1. The van der Waals surface area contributed by atoms with Crippen molar-refractivity contribution in [2.45, 2.75) is 19.3 Å². The maximum Gasteiger partial charge on any atom is 0.251 e. The Morgan fingerprint density at radius 2 is 1.65 bits per heavy atom. The lowest BCUT2D eigenvalue weighted by Gasteiger charge is -2.24. The van der Waals surface area contributed by atoms with Crippen LogP contribution in [-0.2, 0) is 5.41 Å². The molecule has 0 spiro atoms. The second-order valence-electron chi connectivity index (χ2n) is 6.17. The summed E-state index contributed by atoms with van der Waals surface area (Å²) < 4.78 is 0. The summed E-state index contributed by atoms with van der Waals surface area (Å²) in [5, 5.41) is 11.4. The van der Waals surface area contributed by atoms with Crippen LogP contribution in [0.1, 0.15) is 29.8 Å². The van der Waals surface area contributed by atoms with Crippen LogP contribution in [0.4, 0.5) is 0 Å². The molecule has 1 amide bonds. The van der Waals surface area contributed by atoms with Crippen LogP contribution in [0.3, 0.4) is 0 Å². The van der Waals surface area contributed by atoms with Gasteiger partial charge in [-0.2, -0.15) is 22.7 Å². The molecule has 0 saturated carbocycles. The van der Waals surface area contributed by atoms with Crippen LogP contribution in [-0.4, -0.2) is 12.5 Å². The zero-order chi connectivity index (χ0) is 16.3. The number of hydrogen-bond acceptors (Lipinski definition) is 3. The Kier molecular flexibility index (Phi) is 4.64. The lowest BCUT2D eigenvalue weighted by atomic mass is 9.86. The molecule has 4 heteroatoms. The monoisotopic (exact) mass is 341 g/mol. The van der Waals surface area contributed by atoms with Crippen LogP contribution in [0.5, 0.6) is 0 Å². The topological polar surface area (TPSA) is 29.1 Å². The molecule has 2 nitrogen and oxygen atoms in total. The highest BCUT2D eigenvalue weighted by Crippen LogP contribution is 2.25. The highest BCUT2D eigenvalue weighted by atomic mass is 32.1. The summed E-state index contributed by atoms with van der Waals surface area (Å²) >= 11 is 3.36. The van der Waals surface area contributed by atoms with Crippen LogP contribution >= 0.6 is 22.7 Å². The summed E-state index contributed by atoms with van der Waals surface area (Å²) in [5.74, 6) is -0.0230. The quantitative estimate of drug-likeness (QED) is 0.680. The van der Waals surface area contributed by atoms with Crippen LogP contribution in [0.2, 0.25) is 0 Å². The lowest BCUT2D eigenvalue weighted by molar-refractivity contribution is 0.0945. The smallest absolute Gasteiger partial charge is 0.251 e. The van der Waals surface area contributed by atoms with E-state index in [4.69, 9.17) is 0 Å². The predicted molar refractivity (Wildman–Crippen MR) is 99.4 cm³/mol. The van der Waals surface area contributed by atoms with Gasteiger partial charge in [-0.25, -0.2) is 0 Å². The van der Waals surface area contributed by atoms with Gasteiger partial charge in [0.25, 0.3) is 5.91 Å². The zero-order valence-corrected chi connectivity index (χ0v) is 14.8. The zero-order valence-electron chi connectivity index (χ0n) is 13.2. The van der Waals surface area contributed by atoms with Crippen molar-refractivity contribution in [2.24, 2.45) is 0 Å². The van der Waals surface area contributed by atoms with Gasteiger partial charge in [0.15, 0.2) is 0 Å². The van der Waals surface area contributed by atoms with Gasteiger partial charge < -0.3 is 5.32 Å². The molecule has 0 fully saturated rings. The average Bonchev–Trinajstić information content (AvgIpc) is 3.26. The number of thiophene rings is 2. The molecular formula is C19H19NOS2. The molecule has 0 atom stereocenters. The van der Waals surface area contributed by atoms with Crippen molar-refractivity contribution in [3.8, 4) is 11.1 Å². The fourth-order valence-corrected chi connectivity index (χ4v) is 3.91. The van der Waals surface area contributed by atoms with E-state index in [0.717, 1.165) is 5.56 Å². The number of carbonyl (C=O) groups is 1. The van der Waals surface area contributed by atoms with E-state index in [-0.39, 0.29) is 11.3 Å². The molecule has 0 aliphatic carbocycles. The number of rotatable bonds is 5. The molecule has 0 radical (unpaired) electrons. The second-order valence-corrected chi connectivity index (χ2v) is 7.73. The Bertz CT molecular complexity index is 756. The molecule has 1 N–H and O–H groups in total. The van der Waals surface area contributed by atoms with Gasteiger partial charge in [0.05, 0.1) is 0 Å². The minimum Gasteiger partial charge on any atom is -0.351 e. The van der Waals surface area contributed by atoms with Crippen LogP contribution < -0.4 is 5.32 Å². The Morgan fingerprint density at radius 3 is 2.26 bits per heavy atom. The van der Waals surface area contributed by atoms with Crippen molar-refractivity contribution >= 4 is 28.6 Å². The fourth-order valence-electron chi connectivity index (χ4n) is 2.40. The summed E-state index contributed by atoms with van der Waals surface area (Å²) in [6.45, 7) is 4.92. The second kappa shape index (κ2) is 6.69. The minimum atomic E-state index is -0.0632. The molecule has 0 aliphatic rings. The minimum absolute atomic E-state index is 0.0230. The van der Waals surface area contributed by atoms with Gasteiger partial charge in [-0.05, 0) is 62.5 Å². The molecule has 0 saturated heterocycles. The van der Waals surface area contributed by atoms with Gasteiger partial charge in [0, 0.05) is 17.5 Å². The summed E-state index contributed by atoms with van der Waals surface area (Å²) in [5.41, 5.74) is 4.23. The third-order valence-corrected chi connectivity index (χ3v) is 5.36. The first-order chi connectivity index (χ1) is 11.1. The van der Waals surface area contributed by atoms with E-state index in [0.29, 0.717) is 12.1 Å². The molecule has 1 aromatic carbocycles. The third-order valence-electron chi connectivity index (χ3n) is 4.00. The van der Waals surface area contributed by atoms with Gasteiger partial charge in [-0.1, -0.05) is 26.0 Å². The Labute approximate surface area is 144 Å². The van der Waals surface area contributed by atoms with Gasteiger partial charge in [-0.3, -0.25) is 4.79 Å². The Balaban J connectivity index is 1.64. The fraction of sp³-hybridized carbons (Fsp3) is 0.211. The van der Waals surface area contributed by atoms with Crippen molar-refractivity contribution in [2.75, 3.05) is 6.54 Å². The summed E-state index contributed by atoms with van der Waals surface area (Å²) in [4.78, 5) is 12.4. The number of amides is 1. The summed E-state index contributed by atoms with van der Waals surface area (Å²) in [6.07, 6.45) is 0. The molecule has 0 unspecified atom stereocenters. The highest BCUT2D eigenvalue weighted by molar-refractivity contribution is 7.08. The normalized spacial score (nSPS) is 11.4. The van der Waals surface area contributed by atoms with Gasteiger partial charge in [0.2, 0.25) is 0 Å². The molecular weight excluding hydrogens is 322 g/mol. The number of hydrogen-bond donors (Lipinski definition) is 1. The predicted octanol–water partition coefficient (Wildman–Crippen LogP) is 5.18. The van der Waals surface area contributed by atoms with Gasteiger partial charge in [-0.15, -0.1) is 0 Å². The van der Waals surface area contributed by atoms with E-state index >= 15 is 0 Å². The highest BCUT2D eigenvalue weighted by Gasteiger charge is 2.22. The van der Waals surface area contributed by atoms with Gasteiger partial charge >= 0.3 is 0 Å². The van der Waals surface area contributed by atoms with E-state index < -0.39 is 0 Å².